The molecule has 3 saturated heterocycles. The van der Waals surface area contributed by atoms with Gasteiger partial charge in [0.15, 0.2) is 5.78 Å². The maximum absolute atomic E-state index is 13.3. The fraction of sp³-hybridized carbons (Fsp3) is 0.350. The Morgan fingerprint density at radius 1 is 1.07 bits per heavy atom. The first kappa shape index (κ1) is 17.1. The summed E-state index contributed by atoms with van der Waals surface area (Å²) in [5, 5.41) is 2.41. The quantitative estimate of drug-likeness (QED) is 0.586. The molecule has 3 aliphatic rings. The number of carbonyl (C=O) groups is 3. The Kier molecular flexibility index (Phi) is 3.96. The lowest BCUT2D eigenvalue weighted by Crippen LogP contribution is -2.45. The molecule has 5 nitrogen and oxygen atoms in total. The highest BCUT2D eigenvalue weighted by atomic mass is 35.5. The summed E-state index contributed by atoms with van der Waals surface area (Å²) in [6.07, 6.45) is 1.80. The summed E-state index contributed by atoms with van der Waals surface area (Å²) in [7, 11) is 0. The van der Waals surface area contributed by atoms with Crippen LogP contribution in [0.5, 0.6) is 0 Å². The third kappa shape index (κ3) is 2.43. The van der Waals surface area contributed by atoms with Gasteiger partial charge in [0.1, 0.15) is 0 Å². The zero-order chi connectivity index (χ0) is 18.7. The van der Waals surface area contributed by atoms with E-state index >= 15 is 0 Å². The van der Waals surface area contributed by atoms with E-state index in [9.17, 15) is 14.4 Å². The molecule has 27 heavy (non-hydrogen) atoms. The molecule has 1 aromatic carbocycles. The fourth-order valence-corrected chi connectivity index (χ4v) is 5.75. The molecule has 0 radical (unpaired) electrons. The van der Waals surface area contributed by atoms with Crippen LogP contribution < -0.4 is 4.90 Å². The number of hydrogen-bond acceptors (Lipinski definition) is 5. The van der Waals surface area contributed by atoms with Gasteiger partial charge in [0.25, 0.3) is 0 Å². The predicted octanol–water partition coefficient (Wildman–Crippen LogP) is 3.24. The summed E-state index contributed by atoms with van der Waals surface area (Å²) in [4.78, 5) is 43.7. The molecule has 3 aliphatic heterocycles. The van der Waals surface area contributed by atoms with Crippen molar-refractivity contribution in [2.45, 2.75) is 24.9 Å². The van der Waals surface area contributed by atoms with Crippen molar-refractivity contribution in [1.29, 1.82) is 0 Å². The highest BCUT2D eigenvalue weighted by Crippen LogP contribution is 2.48. The Balaban J connectivity index is 1.56. The minimum absolute atomic E-state index is 0.0299. The molecule has 138 valence electrons. The molecular formula is C20H17ClN2O3S. The zero-order valence-electron chi connectivity index (χ0n) is 14.4. The molecule has 4 heterocycles. The molecule has 4 atom stereocenters. The number of thiophene rings is 1. The Hall–Kier alpha value is -2.02. The first-order chi connectivity index (χ1) is 13.1. The van der Waals surface area contributed by atoms with Gasteiger partial charge in [-0.15, -0.1) is 11.3 Å². The van der Waals surface area contributed by atoms with Crippen molar-refractivity contribution in [3.8, 4) is 0 Å². The number of hydrogen-bond donors (Lipinski definition) is 0. The van der Waals surface area contributed by atoms with Gasteiger partial charge in [0, 0.05) is 11.1 Å². The topological polar surface area (TPSA) is 57.7 Å². The molecule has 7 heteroatoms. The molecule has 2 amide bonds. The molecule has 1 aromatic heterocycles. The van der Waals surface area contributed by atoms with Crippen LogP contribution in [-0.2, 0) is 9.59 Å². The fourth-order valence-electron chi connectivity index (χ4n) is 4.92. The van der Waals surface area contributed by atoms with Crippen molar-refractivity contribution in [3.63, 3.8) is 0 Å². The van der Waals surface area contributed by atoms with Crippen LogP contribution >= 0.6 is 22.9 Å². The molecule has 3 fully saturated rings. The van der Waals surface area contributed by atoms with E-state index in [2.05, 4.69) is 4.90 Å². The predicted molar refractivity (Wildman–Crippen MR) is 103 cm³/mol. The van der Waals surface area contributed by atoms with E-state index in [-0.39, 0.29) is 23.6 Å². The largest absolute Gasteiger partial charge is 0.291 e. The van der Waals surface area contributed by atoms with E-state index in [0.717, 1.165) is 19.4 Å². The molecule has 0 N–H and O–H groups in total. The lowest BCUT2D eigenvalue weighted by atomic mass is 9.86. The second-order valence-electron chi connectivity index (χ2n) is 7.27. The lowest BCUT2D eigenvalue weighted by Gasteiger charge is -2.27. The molecule has 0 aliphatic carbocycles. The molecule has 0 unspecified atom stereocenters. The number of ketones is 1. The average molecular weight is 401 g/mol. The van der Waals surface area contributed by atoms with E-state index in [1.54, 1.807) is 30.3 Å². The monoisotopic (exact) mass is 400 g/mol. The third-order valence-corrected chi connectivity index (χ3v) is 7.11. The zero-order valence-corrected chi connectivity index (χ0v) is 15.9. The van der Waals surface area contributed by atoms with Gasteiger partial charge in [-0.1, -0.05) is 17.7 Å². The maximum atomic E-state index is 13.3. The van der Waals surface area contributed by atoms with Crippen LogP contribution in [0.25, 0.3) is 0 Å². The van der Waals surface area contributed by atoms with Crippen LogP contribution in [0.4, 0.5) is 5.69 Å². The Morgan fingerprint density at radius 2 is 1.81 bits per heavy atom. The number of halogens is 1. The summed E-state index contributed by atoms with van der Waals surface area (Å²) in [6.45, 7) is 0.765. The number of amides is 2. The van der Waals surface area contributed by atoms with Crippen LogP contribution in [0.1, 0.15) is 22.5 Å². The van der Waals surface area contributed by atoms with Crippen molar-refractivity contribution >= 4 is 46.2 Å². The molecular weight excluding hydrogens is 384 g/mol. The first-order valence-electron chi connectivity index (χ1n) is 9.05. The highest BCUT2D eigenvalue weighted by molar-refractivity contribution is 7.12. The van der Waals surface area contributed by atoms with Crippen LogP contribution in [0.3, 0.4) is 0 Å². The number of imide groups is 1. The van der Waals surface area contributed by atoms with Gasteiger partial charge in [-0.05, 0) is 55.1 Å². The Bertz CT molecular complexity index is 927. The van der Waals surface area contributed by atoms with E-state index in [4.69, 9.17) is 11.6 Å². The van der Waals surface area contributed by atoms with Crippen molar-refractivity contribution < 1.29 is 14.4 Å². The molecule has 0 saturated carbocycles. The minimum Gasteiger partial charge on any atom is -0.291 e. The molecule has 2 aromatic rings. The van der Waals surface area contributed by atoms with E-state index < -0.39 is 17.9 Å². The van der Waals surface area contributed by atoms with Crippen LogP contribution in [0.15, 0.2) is 41.8 Å². The van der Waals surface area contributed by atoms with Gasteiger partial charge in [-0.2, -0.15) is 0 Å². The summed E-state index contributed by atoms with van der Waals surface area (Å²) in [6, 6.07) is 9.76. The average Bonchev–Trinajstić information content (AvgIpc) is 3.41. The number of Topliss-reactive ketones (excluding diaryl/α,β-unsaturated/α-hetero) is 1. The minimum atomic E-state index is -0.604. The number of anilines is 1. The Morgan fingerprint density at radius 3 is 2.52 bits per heavy atom. The van der Waals surface area contributed by atoms with E-state index in [1.807, 2.05) is 11.4 Å². The maximum Gasteiger partial charge on any atom is 0.239 e. The highest BCUT2D eigenvalue weighted by Gasteiger charge is 2.64. The lowest BCUT2D eigenvalue weighted by molar-refractivity contribution is -0.123. The first-order valence-corrected chi connectivity index (χ1v) is 10.3. The summed E-state index contributed by atoms with van der Waals surface area (Å²) in [5.41, 5.74) is 0.524. The molecule has 5 rings (SSSR count). The normalized spacial score (nSPS) is 30.0. The van der Waals surface area contributed by atoms with Crippen molar-refractivity contribution in [2.24, 2.45) is 11.8 Å². The van der Waals surface area contributed by atoms with Crippen molar-refractivity contribution in [2.75, 3.05) is 11.4 Å². The summed E-state index contributed by atoms with van der Waals surface area (Å²) in [5.74, 6) is -1.54. The van der Waals surface area contributed by atoms with Crippen LogP contribution in [0.2, 0.25) is 5.02 Å². The summed E-state index contributed by atoms with van der Waals surface area (Å²) < 4.78 is 0. The standard InChI is InChI=1S/C20H17ClN2O3S/c21-11-5-7-12(8-6-11)23-19(25)15-13-3-1-9-22(13)17(16(15)20(23)26)18(24)14-4-2-10-27-14/h2,4-8,10,13,15-17H,1,3,9H2/t13-,15-,16-,17-/m1/s1. The van der Waals surface area contributed by atoms with Crippen LogP contribution in [-0.4, -0.2) is 41.1 Å². The summed E-state index contributed by atoms with van der Waals surface area (Å²) >= 11 is 7.33. The van der Waals surface area contributed by atoms with Gasteiger partial charge in [0.2, 0.25) is 11.8 Å². The number of rotatable bonds is 3. The van der Waals surface area contributed by atoms with Gasteiger partial charge in [-0.25, -0.2) is 4.90 Å². The number of fused-ring (bicyclic) bond motifs is 3. The van der Waals surface area contributed by atoms with Crippen molar-refractivity contribution in [3.05, 3.63) is 51.7 Å². The van der Waals surface area contributed by atoms with Gasteiger partial charge in [0.05, 0.1) is 28.4 Å². The van der Waals surface area contributed by atoms with Gasteiger partial charge >= 0.3 is 0 Å². The Labute approximate surface area is 165 Å². The van der Waals surface area contributed by atoms with Gasteiger partial charge < -0.3 is 0 Å². The second kappa shape index (κ2) is 6.26. The molecule has 0 bridgehead atoms. The van der Waals surface area contributed by atoms with Crippen molar-refractivity contribution in [1.82, 2.24) is 4.90 Å². The van der Waals surface area contributed by atoms with E-state index in [1.165, 1.54) is 16.2 Å². The third-order valence-electron chi connectivity index (χ3n) is 5.97. The molecule has 0 spiro atoms. The van der Waals surface area contributed by atoms with Crippen LogP contribution in [0, 0.1) is 11.8 Å². The number of benzene rings is 1. The van der Waals surface area contributed by atoms with E-state index in [0.29, 0.717) is 15.6 Å². The number of carbonyl (C=O) groups excluding carboxylic acids is 3. The SMILES string of the molecule is O=C(c1cccs1)[C@H]1[C@@H]2C(=O)N(c3ccc(Cl)cc3)C(=O)[C@@H]2[C@H]2CCCN21. The van der Waals surface area contributed by atoms with Gasteiger partial charge in [-0.3, -0.25) is 19.3 Å². The number of nitrogens with zero attached hydrogens (tertiary/aromatic N) is 2. The second-order valence-corrected chi connectivity index (χ2v) is 8.66. The smallest absolute Gasteiger partial charge is 0.239 e.